The molecule has 0 aromatic heterocycles. The molecule has 2 aliphatic rings. The highest BCUT2D eigenvalue weighted by Gasteiger charge is 2.34. The van der Waals surface area contributed by atoms with Gasteiger partial charge in [-0.15, -0.1) is 12.4 Å². The molecular formula is C25H30ClF3N2O. The lowest BCUT2D eigenvalue weighted by Gasteiger charge is -2.45. The monoisotopic (exact) mass is 466 g/mol. The number of rotatable bonds is 4. The minimum Gasteiger partial charge on any atom is -0.348 e. The molecule has 3 nitrogen and oxygen atoms in total. The molecule has 2 aromatic carbocycles. The van der Waals surface area contributed by atoms with Crippen LogP contribution in [0.25, 0.3) is 0 Å². The van der Waals surface area contributed by atoms with Gasteiger partial charge >= 0.3 is 6.18 Å². The van der Waals surface area contributed by atoms with Crippen LogP contribution in [0.3, 0.4) is 0 Å². The van der Waals surface area contributed by atoms with Crippen molar-refractivity contribution < 1.29 is 18.0 Å². The van der Waals surface area contributed by atoms with Crippen molar-refractivity contribution in [3.63, 3.8) is 0 Å². The van der Waals surface area contributed by atoms with E-state index in [4.69, 9.17) is 0 Å². The Balaban J connectivity index is 0.00000289. The van der Waals surface area contributed by atoms with Gasteiger partial charge in [0.15, 0.2) is 0 Å². The maximum atomic E-state index is 13.1. The number of fused-ring (bicyclic) bond motifs is 1. The Morgan fingerprint density at radius 3 is 2.47 bits per heavy atom. The fraction of sp³-hybridized carbons (Fsp3) is 0.480. The molecule has 2 unspecified atom stereocenters. The first kappa shape index (κ1) is 24.6. The first-order chi connectivity index (χ1) is 14.8. The summed E-state index contributed by atoms with van der Waals surface area (Å²) in [5.74, 6) is -0.490. The van der Waals surface area contributed by atoms with Crippen molar-refractivity contribution in [1.29, 1.82) is 0 Å². The number of alkyl halides is 3. The number of piperidine rings is 2. The number of halogens is 4. The standard InChI is InChI=1S/C25H29F3N2O.ClH/c1-17-21(8-5-9-22(17)25(26,27)28)24(31)29-16-18-11-13-19(14-12-18)23-10-4-7-20-6-2-3-15-30(20)23;/h5,8-9,11-14,20,23H,2-4,6-7,10,15-16H2,1H3,(H,29,31);1H. The Bertz CT molecular complexity index is 928. The van der Waals surface area contributed by atoms with Gasteiger partial charge in [0.1, 0.15) is 0 Å². The van der Waals surface area contributed by atoms with Crippen molar-refractivity contribution in [2.45, 2.75) is 70.3 Å². The first-order valence-electron chi connectivity index (χ1n) is 11.1. The van der Waals surface area contributed by atoms with Crippen LogP contribution < -0.4 is 5.32 Å². The van der Waals surface area contributed by atoms with Gasteiger partial charge in [-0.25, -0.2) is 0 Å². The molecule has 2 saturated heterocycles. The molecule has 1 amide bonds. The van der Waals surface area contributed by atoms with Gasteiger partial charge in [-0.2, -0.15) is 13.2 Å². The molecule has 2 atom stereocenters. The lowest BCUT2D eigenvalue weighted by molar-refractivity contribution is -0.138. The van der Waals surface area contributed by atoms with Crippen molar-refractivity contribution in [3.05, 3.63) is 70.3 Å². The van der Waals surface area contributed by atoms with E-state index in [2.05, 4.69) is 22.3 Å². The maximum Gasteiger partial charge on any atom is 0.416 e. The van der Waals surface area contributed by atoms with Gasteiger partial charge in [0, 0.05) is 24.2 Å². The van der Waals surface area contributed by atoms with Crippen LogP contribution in [-0.4, -0.2) is 23.4 Å². The summed E-state index contributed by atoms with van der Waals surface area (Å²) in [4.78, 5) is 15.2. The molecular weight excluding hydrogens is 437 g/mol. The number of carbonyl (C=O) groups is 1. The fourth-order valence-corrected chi connectivity index (χ4v) is 5.14. The molecule has 0 spiro atoms. The summed E-state index contributed by atoms with van der Waals surface area (Å²) in [6.07, 6.45) is 3.18. The SMILES string of the molecule is Cc1c(C(=O)NCc2ccc(C3CCCC4CCCCN43)cc2)cccc1C(F)(F)F.Cl. The summed E-state index contributed by atoms with van der Waals surface area (Å²) in [6, 6.07) is 13.2. The van der Waals surface area contributed by atoms with Gasteiger partial charge in [-0.1, -0.05) is 36.8 Å². The number of hydrogen-bond acceptors (Lipinski definition) is 2. The molecule has 4 rings (SSSR count). The van der Waals surface area contributed by atoms with E-state index >= 15 is 0 Å². The summed E-state index contributed by atoms with van der Waals surface area (Å²) in [6.45, 7) is 2.79. The fourth-order valence-electron chi connectivity index (χ4n) is 5.14. The highest BCUT2D eigenvalue weighted by atomic mass is 35.5. The highest BCUT2D eigenvalue weighted by Crippen LogP contribution is 2.38. The molecule has 174 valence electrons. The normalized spacial score (nSPS) is 21.4. The average Bonchev–Trinajstić information content (AvgIpc) is 2.77. The number of benzene rings is 2. The topological polar surface area (TPSA) is 32.3 Å². The Morgan fingerprint density at radius 1 is 1.03 bits per heavy atom. The molecule has 0 saturated carbocycles. The second kappa shape index (κ2) is 10.3. The van der Waals surface area contributed by atoms with Crippen LogP contribution in [0.15, 0.2) is 42.5 Å². The third-order valence-electron chi connectivity index (χ3n) is 6.79. The van der Waals surface area contributed by atoms with Gasteiger partial charge in [-0.3, -0.25) is 9.69 Å². The maximum absolute atomic E-state index is 13.1. The van der Waals surface area contributed by atoms with Crippen molar-refractivity contribution in [3.8, 4) is 0 Å². The lowest BCUT2D eigenvalue weighted by atomic mass is 9.86. The predicted molar refractivity (Wildman–Crippen MR) is 122 cm³/mol. The van der Waals surface area contributed by atoms with Crippen molar-refractivity contribution >= 4 is 18.3 Å². The smallest absolute Gasteiger partial charge is 0.348 e. The summed E-state index contributed by atoms with van der Waals surface area (Å²) in [7, 11) is 0. The van der Waals surface area contributed by atoms with E-state index in [1.165, 1.54) is 69.7 Å². The molecule has 2 aromatic rings. The molecule has 2 fully saturated rings. The van der Waals surface area contributed by atoms with Crippen LogP contribution in [0, 0.1) is 6.92 Å². The van der Waals surface area contributed by atoms with Crippen LogP contribution in [0.1, 0.15) is 77.2 Å². The average molecular weight is 467 g/mol. The van der Waals surface area contributed by atoms with Crippen LogP contribution in [-0.2, 0) is 12.7 Å². The summed E-state index contributed by atoms with van der Waals surface area (Å²) >= 11 is 0. The first-order valence-corrected chi connectivity index (χ1v) is 11.1. The molecule has 0 radical (unpaired) electrons. The van der Waals surface area contributed by atoms with E-state index in [-0.39, 0.29) is 30.1 Å². The zero-order valence-electron chi connectivity index (χ0n) is 18.3. The van der Waals surface area contributed by atoms with Crippen LogP contribution in [0.4, 0.5) is 13.2 Å². The van der Waals surface area contributed by atoms with E-state index in [0.717, 1.165) is 11.6 Å². The number of nitrogens with zero attached hydrogens (tertiary/aromatic N) is 1. The van der Waals surface area contributed by atoms with Gasteiger partial charge in [-0.05, 0) is 74.4 Å². The molecule has 2 aliphatic heterocycles. The molecule has 0 bridgehead atoms. The third kappa shape index (κ3) is 5.29. The zero-order valence-corrected chi connectivity index (χ0v) is 19.1. The van der Waals surface area contributed by atoms with Crippen molar-refractivity contribution in [1.82, 2.24) is 10.2 Å². The van der Waals surface area contributed by atoms with E-state index in [1.54, 1.807) is 0 Å². The number of hydrogen-bond donors (Lipinski definition) is 1. The van der Waals surface area contributed by atoms with Gasteiger partial charge in [0.05, 0.1) is 5.56 Å². The Morgan fingerprint density at radius 2 is 1.75 bits per heavy atom. The van der Waals surface area contributed by atoms with Crippen LogP contribution in [0.2, 0.25) is 0 Å². The van der Waals surface area contributed by atoms with Gasteiger partial charge in [0.2, 0.25) is 0 Å². The van der Waals surface area contributed by atoms with Crippen molar-refractivity contribution in [2.24, 2.45) is 0 Å². The molecule has 32 heavy (non-hydrogen) atoms. The predicted octanol–water partition coefficient (Wildman–Crippen LogP) is 6.45. The Kier molecular flexibility index (Phi) is 7.88. The largest absolute Gasteiger partial charge is 0.416 e. The molecule has 7 heteroatoms. The molecule has 1 N–H and O–H groups in total. The van der Waals surface area contributed by atoms with E-state index in [1.807, 2.05) is 12.1 Å². The summed E-state index contributed by atoms with van der Waals surface area (Å²) in [5.41, 5.74) is 1.50. The quantitative estimate of drug-likeness (QED) is 0.562. The Hall–Kier alpha value is -2.05. The third-order valence-corrected chi connectivity index (χ3v) is 6.79. The second-order valence-corrected chi connectivity index (χ2v) is 8.73. The van der Waals surface area contributed by atoms with Crippen molar-refractivity contribution in [2.75, 3.05) is 6.54 Å². The number of amides is 1. The lowest BCUT2D eigenvalue weighted by Crippen LogP contribution is -2.44. The minimum atomic E-state index is -4.47. The number of nitrogens with one attached hydrogen (secondary N) is 1. The Labute approximate surface area is 193 Å². The van der Waals surface area contributed by atoms with E-state index in [9.17, 15) is 18.0 Å². The zero-order chi connectivity index (χ0) is 22.0. The number of carbonyl (C=O) groups excluding carboxylic acids is 1. The summed E-state index contributed by atoms with van der Waals surface area (Å²) < 4.78 is 39.3. The minimum absolute atomic E-state index is 0. The van der Waals surface area contributed by atoms with Gasteiger partial charge < -0.3 is 5.32 Å². The highest BCUT2D eigenvalue weighted by molar-refractivity contribution is 5.95. The van der Waals surface area contributed by atoms with Crippen LogP contribution in [0.5, 0.6) is 0 Å². The second-order valence-electron chi connectivity index (χ2n) is 8.73. The van der Waals surface area contributed by atoms with Gasteiger partial charge in [0.25, 0.3) is 5.91 Å². The molecule has 0 aliphatic carbocycles. The van der Waals surface area contributed by atoms with E-state index < -0.39 is 17.6 Å². The van der Waals surface area contributed by atoms with E-state index in [0.29, 0.717) is 12.1 Å². The molecule has 2 heterocycles. The summed E-state index contributed by atoms with van der Waals surface area (Å²) in [5, 5.41) is 2.76. The van der Waals surface area contributed by atoms with Crippen LogP contribution >= 0.6 is 12.4 Å².